The van der Waals surface area contributed by atoms with Gasteiger partial charge in [-0.1, -0.05) is 12.2 Å². The minimum absolute atomic E-state index is 0.0733. The summed E-state index contributed by atoms with van der Waals surface area (Å²) in [7, 11) is 1.83. The van der Waals surface area contributed by atoms with Crippen molar-refractivity contribution >= 4 is 23.0 Å². The molecule has 1 heterocycles. The van der Waals surface area contributed by atoms with Gasteiger partial charge in [0.2, 0.25) is 0 Å². The molecule has 0 atom stereocenters. The summed E-state index contributed by atoms with van der Waals surface area (Å²) in [5.74, 6) is 0.703. The molecule has 1 aromatic rings. The number of nitrogens with two attached hydrogens (primary N) is 1. The lowest BCUT2D eigenvalue weighted by Crippen LogP contribution is -2.25. The van der Waals surface area contributed by atoms with Gasteiger partial charge in [-0.25, -0.2) is 4.98 Å². The summed E-state index contributed by atoms with van der Waals surface area (Å²) in [6, 6.07) is 3.60. The molecule has 0 aliphatic carbocycles. The van der Waals surface area contributed by atoms with E-state index in [0.717, 1.165) is 5.56 Å². The van der Waals surface area contributed by atoms with Crippen LogP contribution < -0.4 is 10.6 Å². The van der Waals surface area contributed by atoms with Crippen LogP contribution in [0.4, 0.5) is 5.82 Å². The van der Waals surface area contributed by atoms with E-state index in [1.807, 2.05) is 18.0 Å². The average Bonchev–Trinajstić information content (AvgIpc) is 2.18. The molecule has 0 amide bonds. The molecule has 0 radical (unpaired) electrons. The first kappa shape index (κ1) is 10.9. The quantitative estimate of drug-likeness (QED) is 0.694. The smallest absolute Gasteiger partial charge is 0.138 e. The van der Waals surface area contributed by atoms with E-state index >= 15 is 0 Å². The first-order valence-corrected chi connectivity index (χ1v) is 4.64. The Morgan fingerprint density at radius 3 is 3.00 bits per heavy atom. The zero-order valence-electron chi connectivity index (χ0n) is 7.97. The van der Waals surface area contributed by atoms with Crippen LogP contribution in [0.2, 0.25) is 0 Å². The first-order valence-electron chi connectivity index (χ1n) is 4.23. The van der Waals surface area contributed by atoms with Crippen LogP contribution in [0.1, 0.15) is 5.56 Å². The summed E-state index contributed by atoms with van der Waals surface area (Å²) >= 11 is 4.90. The highest BCUT2D eigenvalue weighted by Crippen LogP contribution is 2.14. The van der Waals surface area contributed by atoms with E-state index in [-0.39, 0.29) is 6.61 Å². The highest BCUT2D eigenvalue weighted by molar-refractivity contribution is 7.80. The lowest BCUT2D eigenvalue weighted by atomic mass is 10.2. The van der Waals surface area contributed by atoms with Gasteiger partial charge in [-0.3, -0.25) is 0 Å². The first-order chi connectivity index (χ1) is 6.66. The van der Waals surface area contributed by atoms with Crippen molar-refractivity contribution in [1.29, 1.82) is 0 Å². The lowest BCUT2D eigenvalue weighted by molar-refractivity contribution is 0.304. The number of aromatic nitrogens is 1. The van der Waals surface area contributed by atoms with E-state index in [4.69, 9.17) is 23.1 Å². The average molecular weight is 211 g/mol. The van der Waals surface area contributed by atoms with E-state index in [9.17, 15) is 0 Å². The summed E-state index contributed by atoms with van der Waals surface area (Å²) < 4.78 is 0. The number of pyridine rings is 1. The normalized spacial score (nSPS) is 9.86. The molecule has 0 saturated carbocycles. The van der Waals surface area contributed by atoms with Crippen molar-refractivity contribution in [2.75, 3.05) is 25.1 Å². The maximum Gasteiger partial charge on any atom is 0.138 e. The minimum Gasteiger partial charge on any atom is -0.395 e. The van der Waals surface area contributed by atoms with Gasteiger partial charge in [0.05, 0.1) is 12.2 Å². The molecule has 1 rings (SSSR count). The van der Waals surface area contributed by atoms with Crippen molar-refractivity contribution in [3.63, 3.8) is 0 Å². The summed E-state index contributed by atoms with van der Waals surface area (Å²) in [4.78, 5) is 6.30. The fourth-order valence-electron chi connectivity index (χ4n) is 1.15. The van der Waals surface area contributed by atoms with Crippen LogP contribution in [0.3, 0.4) is 0 Å². The highest BCUT2D eigenvalue weighted by atomic mass is 32.1. The zero-order valence-corrected chi connectivity index (χ0v) is 8.79. The van der Waals surface area contributed by atoms with Gasteiger partial charge in [-0.05, 0) is 12.1 Å². The van der Waals surface area contributed by atoms with Gasteiger partial charge in [0.25, 0.3) is 0 Å². The zero-order chi connectivity index (χ0) is 10.6. The molecule has 0 aromatic carbocycles. The van der Waals surface area contributed by atoms with Crippen LogP contribution >= 0.6 is 12.2 Å². The third kappa shape index (κ3) is 2.40. The van der Waals surface area contributed by atoms with Gasteiger partial charge in [0.15, 0.2) is 0 Å². The van der Waals surface area contributed by atoms with Crippen LogP contribution in [0.5, 0.6) is 0 Å². The van der Waals surface area contributed by atoms with Gasteiger partial charge < -0.3 is 15.7 Å². The Hall–Kier alpha value is -1.20. The molecule has 0 saturated heterocycles. The Labute approximate surface area is 88.4 Å². The van der Waals surface area contributed by atoms with Crippen LogP contribution in [-0.2, 0) is 0 Å². The number of hydrogen-bond acceptors (Lipinski definition) is 4. The highest BCUT2D eigenvalue weighted by Gasteiger charge is 2.09. The Morgan fingerprint density at radius 1 is 1.71 bits per heavy atom. The maximum atomic E-state index is 8.79. The number of thiocarbonyl (C=S) groups is 1. The molecule has 14 heavy (non-hydrogen) atoms. The van der Waals surface area contributed by atoms with Crippen LogP contribution in [0, 0.1) is 0 Å². The summed E-state index contributed by atoms with van der Waals surface area (Å²) in [6.07, 6.45) is 1.67. The van der Waals surface area contributed by atoms with Crippen molar-refractivity contribution in [2.24, 2.45) is 5.73 Å². The SMILES string of the molecule is CN(CCO)c1ncccc1C(N)=S. The van der Waals surface area contributed by atoms with Gasteiger partial charge in [0, 0.05) is 19.8 Å². The predicted octanol–water partition coefficient (Wildman–Crippen LogP) is 0.144. The molecular weight excluding hydrogens is 198 g/mol. The fourth-order valence-corrected chi connectivity index (χ4v) is 1.31. The Balaban J connectivity index is 3.00. The van der Waals surface area contributed by atoms with Crippen molar-refractivity contribution in [1.82, 2.24) is 4.98 Å². The number of likely N-dealkylation sites (N-methyl/N-ethyl adjacent to an activating group) is 1. The largest absolute Gasteiger partial charge is 0.395 e. The molecule has 1 aromatic heterocycles. The number of aliphatic hydroxyl groups is 1. The molecule has 0 aliphatic rings. The van der Waals surface area contributed by atoms with Gasteiger partial charge >= 0.3 is 0 Å². The van der Waals surface area contributed by atoms with Crippen molar-refractivity contribution in [3.05, 3.63) is 23.9 Å². The molecule has 5 heteroatoms. The molecule has 4 nitrogen and oxygen atoms in total. The molecule has 0 aliphatic heterocycles. The van der Waals surface area contributed by atoms with E-state index < -0.39 is 0 Å². The van der Waals surface area contributed by atoms with E-state index in [1.165, 1.54) is 0 Å². The predicted molar refractivity (Wildman–Crippen MR) is 60.5 cm³/mol. The Morgan fingerprint density at radius 2 is 2.43 bits per heavy atom. The standard InChI is InChI=1S/C9H13N3OS/c1-12(5-6-13)9-7(8(10)14)3-2-4-11-9/h2-4,13H,5-6H2,1H3,(H2,10,14). The second-order valence-electron chi connectivity index (χ2n) is 2.88. The third-order valence-corrected chi connectivity index (χ3v) is 2.07. The molecule has 0 unspecified atom stereocenters. The molecule has 0 spiro atoms. The topological polar surface area (TPSA) is 62.4 Å². The van der Waals surface area contributed by atoms with Crippen LogP contribution in [0.25, 0.3) is 0 Å². The van der Waals surface area contributed by atoms with Crippen LogP contribution in [0.15, 0.2) is 18.3 Å². The van der Waals surface area contributed by atoms with Gasteiger partial charge in [-0.2, -0.15) is 0 Å². The number of rotatable bonds is 4. The third-order valence-electron chi connectivity index (χ3n) is 1.85. The Kier molecular flexibility index (Phi) is 3.79. The van der Waals surface area contributed by atoms with E-state index in [0.29, 0.717) is 17.4 Å². The molecule has 0 bridgehead atoms. The minimum atomic E-state index is 0.0733. The summed E-state index contributed by atoms with van der Waals surface area (Å²) in [5, 5.41) is 8.79. The van der Waals surface area contributed by atoms with Gasteiger partial charge in [-0.15, -0.1) is 0 Å². The summed E-state index contributed by atoms with van der Waals surface area (Å²) in [5.41, 5.74) is 6.29. The number of aliphatic hydroxyl groups excluding tert-OH is 1. The van der Waals surface area contributed by atoms with Crippen molar-refractivity contribution in [3.8, 4) is 0 Å². The fraction of sp³-hybridized carbons (Fsp3) is 0.333. The second-order valence-corrected chi connectivity index (χ2v) is 3.32. The maximum absolute atomic E-state index is 8.79. The number of nitrogens with zero attached hydrogens (tertiary/aromatic N) is 2. The number of hydrogen-bond donors (Lipinski definition) is 2. The molecular formula is C9H13N3OS. The van der Waals surface area contributed by atoms with Crippen molar-refractivity contribution in [2.45, 2.75) is 0 Å². The van der Waals surface area contributed by atoms with E-state index in [1.54, 1.807) is 12.3 Å². The monoisotopic (exact) mass is 211 g/mol. The summed E-state index contributed by atoms with van der Waals surface area (Å²) in [6.45, 7) is 0.580. The number of anilines is 1. The molecule has 3 N–H and O–H groups in total. The molecule has 0 fully saturated rings. The van der Waals surface area contributed by atoms with E-state index in [2.05, 4.69) is 4.98 Å². The van der Waals surface area contributed by atoms with Crippen molar-refractivity contribution < 1.29 is 5.11 Å². The lowest BCUT2D eigenvalue weighted by Gasteiger charge is -2.19. The van der Waals surface area contributed by atoms with Gasteiger partial charge in [0.1, 0.15) is 10.8 Å². The van der Waals surface area contributed by atoms with Crippen LogP contribution in [-0.4, -0.2) is 35.3 Å². The second kappa shape index (κ2) is 4.88. The molecule has 76 valence electrons. The Bertz CT molecular complexity index is 330.